The van der Waals surface area contributed by atoms with E-state index in [0.29, 0.717) is 35.2 Å². The lowest BCUT2D eigenvalue weighted by Gasteiger charge is -2.17. The maximum atomic E-state index is 12.0. The molecule has 0 N–H and O–H groups in total. The summed E-state index contributed by atoms with van der Waals surface area (Å²) in [6.07, 6.45) is 0. The molecular weight excluding hydrogens is 328 g/mol. The van der Waals surface area contributed by atoms with Crippen molar-refractivity contribution in [1.82, 2.24) is 4.90 Å². The van der Waals surface area contributed by atoms with Crippen molar-refractivity contribution in [2.45, 2.75) is 0 Å². The number of amides is 1. The molecule has 0 spiro atoms. The van der Waals surface area contributed by atoms with Crippen molar-refractivity contribution in [2.75, 3.05) is 26.8 Å². The number of nitriles is 1. The van der Waals surface area contributed by atoms with E-state index in [1.165, 1.54) is 4.90 Å². The second-order valence-corrected chi connectivity index (χ2v) is 5.48. The lowest BCUT2D eigenvalue weighted by atomic mass is 10.2. The average Bonchev–Trinajstić information content (AvgIpc) is 2.61. The third-order valence-corrected chi connectivity index (χ3v) is 3.51. The summed E-state index contributed by atoms with van der Waals surface area (Å²) in [5, 5.41) is 9.48. The molecule has 0 saturated heterocycles. The van der Waals surface area contributed by atoms with Crippen LogP contribution in [0.4, 0.5) is 0 Å². The molecule has 0 aliphatic heterocycles. The summed E-state index contributed by atoms with van der Waals surface area (Å²) in [5.41, 5.74) is 0.490. The Morgan fingerprint density at radius 1 is 1.17 bits per heavy atom. The van der Waals surface area contributed by atoms with Gasteiger partial charge in [0.25, 0.3) is 5.91 Å². The Balaban J connectivity index is 1.73. The van der Waals surface area contributed by atoms with Crippen molar-refractivity contribution in [3.8, 4) is 17.6 Å². The molecule has 2 rings (SSSR count). The van der Waals surface area contributed by atoms with Crippen molar-refractivity contribution < 1.29 is 14.3 Å². The first-order chi connectivity index (χ1) is 11.6. The van der Waals surface area contributed by atoms with Crippen molar-refractivity contribution in [1.29, 1.82) is 5.26 Å². The predicted octanol–water partition coefficient (Wildman–Crippen LogP) is 3.13. The molecule has 0 unspecified atom stereocenters. The second-order valence-electron chi connectivity index (χ2n) is 5.05. The first-order valence-electron chi connectivity index (χ1n) is 7.34. The summed E-state index contributed by atoms with van der Waals surface area (Å²) in [5.74, 6) is 1.02. The summed E-state index contributed by atoms with van der Waals surface area (Å²) < 4.78 is 11.0. The van der Waals surface area contributed by atoms with Crippen LogP contribution in [0.3, 0.4) is 0 Å². The molecule has 6 heteroatoms. The fourth-order valence-electron chi connectivity index (χ4n) is 1.87. The van der Waals surface area contributed by atoms with Gasteiger partial charge in [-0.15, -0.1) is 0 Å². The van der Waals surface area contributed by atoms with Crippen LogP contribution in [0.5, 0.6) is 11.5 Å². The molecule has 1 amide bonds. The SMILES string of the molecule is CN(CCOc1ccc(Cl)cc1)C(=O)COc1cccc(C#N)c1. The maximum absolute atomic E-state index is 12.0. The number of ether oxygens (including phenoxy) is 2. The molecule has 0 heterocycles. The number of halogens is 1. The van der Waals surface area contributed by atoms with Gasteiger partial charge in [-0.2, -0.15) is 5.26 Å². The Morgan fingerprint density at radius 2 is 1.92 bits per heavy atom. The third kappa shape index (κ3) is 5.49. The Bertz CT molecular complexity index is 726. The van der Waals surface area contributed by atoms with E-state index in [1.807, 2.05) is 6.07 Å². The smallest absolute Gasteiger partial charge is 0.260 e. The van der Waals surface area contributed by atoms with E-state index >= 15 is 0 Å². The van der Waals surface area contributed by atoms with E-state index < -0.39 is 0 Å². The minimum atomic E-state index is -0.169. The van der Waals surface area contributed by atoms with E-state index in [0.717, 1.165) is 0 Å². The Labute approximate surface area is 146 Å². The van der Waals surface area contributed by atoms with E-state index in [4.69, 9.17) is 26.3 Å². The van der Waals surface area contributed by atoms with E-state index in [9.17, 15) is 4.79 Å². The lowest BCUT2D eigenvalue weighted by molar-refractivity contribution is -0.132. The van der Waals surface area contributed by atoms with Crippen LogP contribution in [0.25, 0.3) is 0 Å². The summed E-state index contributed by atoms with van der Waals surface area (Å²) in [6, 6.07) is 15.7. The summed E-state index contributed by atoms with van der Waals surface area (Å²) >= 11 is 5.80. The van der Waals surface area contributed by atoms with Crippen LogP contribution in [-0.4, -0.2) is 37.6 Å². The highest BCUT2D eigenvalue weighted by Crippen LogP contribution is 2.15. The van der Waals surface area contributed by atoms with Gasteiger partial charge in [-0.3, -0.25) is 4.79 Å². The van der Waals surface area contributed by atoms with Gasteiger partial charge in [0, 0.05) is 12.1 Å². The van der Waals surface area contributed by atoms with Gasteiger partial charge in [0.05, 0.1) is 18.2 Å². The standard InChI is InChI=1S/C18H17ClN2O3/c1-21(9-10-23-16-7-5-15(19)6-8-16)18(22)13-24-17-4-2-3-14(11-17)12-20/h2-8,11H,9-10,13H2,1H3. The van der Waals surface area contributed by atoms with Gasteiger partial charge in [-0.1, -0.05) is 17.7 Å². The normalized spacial score (nSPS) is 9.88. The molecule has 2 aromatic rings. The molecule has 0 atom stereocenters. The molecule has 24 heavy (non-hydrogen) atoms. The molecule has 5 nitrogen and oxygen atoms in total. The van der Waals surface area contributed by atoms with Crippen LogP contribution in [0, 0.1) is 11.3 Å². The number of hydrogen-bond acceptors (Lipinski definition) is 4. The lowest BCUT2D eigenvalue weighted by Crippen LogP contribution is -2.34. The fourth-order valence-corrected chi connectivity index (χ4v) is 1.99. The molecular formula is C18H17ClN2O3. The number of nitrogens with zero attached hydrogens (tertiary/aromatic N) is 2. The Kier molecular flexibility index (Phi) is 6.47. The van der Waals surface area contributed by atoms with Crippen LogP contribution < -0.4 is 9.47 Å². The average molecular weight is 345 g/mol. The van der Waals surface area contributed by atoms with Crippen molar-refractivity contribution in [2.24, 2.45) is 0 Å². The summed E-state index contributed by atoms with van der Waals surface area (Å²) in [4.78, 5) is 13.6. The van der Waals surface area contributed by atoms with Crippen LogP contribution >= 0.6 is 11.6 Å². The number of benzene rings is 2. The van der Waals surface area contributed by atoms with E-state index in [-0.39, 0.29) is 12.5 Å². The third-order valence-electron chi connectivity index (χ3n) is 3.26. The first kappa shape index (κ1) is 17.6. The molecule has 124 valence electrons. The van der Waals surface area contributed by atoms with Gasteiger partial charge in [0.1, 0.15) is 18.1 Å². The van der Waals surface area contributed by atoms with E-state index in [1.54, 1.807) is 55.6 Å². The first-order valence-corrected chi connectivity index (χ1v) is 7.71. The van der Waals surface area contributed by atoms with Crippen LogP contribution in [0.2, 0.25) is 5.02 Å². The summed E-state index contributed by atoms with van der Waals surface area (Å²) in [7, 11) is 1.68. The summed E-state index contributed by atoms with van der Waals surface area (Å²) in [6.45, 7) is 0.711. The fraction of sp³-hybridized carbons (Fsp3) is 0.222. The van der Waals surface area contributed by atoms with Gasteiger partial charge in [-0.25, -0.2) is 0 Å². The van der Waals surface area contributed by atoms with Crippen LogP contribution in [-0.2, 0) is 4.79 Å². The minimum absolute atomic E-state index is 0.0909. The number of rotatable bonds is 7. The maximum Gasteiger partial charge on any atom is 0.260 e. The molecule has 0 fully saturated rings. The van der Waals surface area contributed by atoms with E-state index in [2.05, 4.69) is 0 Å². The highest BCUT2D eigenvalue weighted by Gasteiger charge is 2.10. The molecule has 0 aliphatic rings. The van der Waals surface area contributed by atoms with Crippen molar-refractivity contribution in [3.63, 3.8) is 0 Å². The zero-order valence-corrected chi connectivity index (χ0v) is 14.0. The van der Waals surface area contributed by atoms with Crippen LogP contribution in [0.15, 0.2) is 48.5 Å². The van der Waals surface area contributed by atoms with Gasteiger partial charge < -0.3 is 14.4 Å². The molecule has 0 saturated carbocycles. The molecule has 0 radical (unpaired) electrons. The zero-order chi connectivity index (χ0) is 17.4. The predicted molar refractivity (Wildman–Crippen MR) is 91.2 cm³/mol. The minimum Gasteiger partial charge on any atom is -0.492 e. The van der Waals surface area contributed by atoms with Gasteiger partial charge in [-0.05, 0) is 42.5 Å². The number of carbonyl (C=O) groups is 1. The highest BCUT2D eigenvalue weighted by molar-refractivity contribution is 6.30. The highest BCUT2D eigenvalue weighted by atomic mass is 35.5. The molecule has 0 aliphatic carbocycles. The topological polar surface area (TPSA) is 62.6 Å². The van der Waals surface area contributed by atoms with Crippen molar-refractivity contribution >= 4 is 17.5 Å². The molecule has 0 bridgehead atoms. The number of likely N-dealkylation sites (N-methyl/N-ethyl adjacent to an activating group) is 1. The quantitative estimate of drug-likeness (QED) is 0.774. The Hall–Kier alpha value is -2.71. The van der Waals surface area contributed by atoms with Crippen LogP contribution in [0.1, 0.15) is 5.56 Å². The molecule has 2 aromatic carbocycles. The Morgan fingerprint density at radius 3 is 2.62 bits per heavy atom. The number of carbonyl (C=O) groups excluding carboxylic acids is 1. The van der Waals surface area contributed by atoms with Crippen molar-refractivity contribution in [3.05, 3.63) is 59.1 Å². The van der Waals surface area contributed by atoms with Gasteiger partial charge in [0.2, 0.25) is 0 Å². The monoisotopic (exact) mass is 344 g/mol. The number of hydrogen-bond donors (Lipinski definition) is 0. The molecule has 0 aromatic heterocycles. The van der Waals surface area contributed by atoms with Gasteiger partial charge >= 0.3 is 0 Å². The zero-order valence-electron chi connectivity index (χ0n) is 13.2. The second kappa shape index (κ2) is 8.80. The van der Waals surface area contributed by atoms with Gasteiger partial charge in [0.15, 0.2) is 6.61 Å². The largest absolute Gasteiger partial charge is 0.492 e.